The molecule has 1 rings (SSSR count). The Kier molecular flexibility index (Phi) is 4.91. The Morgan fingerprint density at radius 2 is 1.94 bits per heavy atom. The molecule has 0 aromatic carbocycles. The number of pyridine rings is 1. The lowest BCUT2D eigenvalue weighted by Crippen LogP contribution is -2.39. The van der Waals surface area contributed by atoms with Crippen molar-refractivity contribution in [2.75, 3.05) is 29.9 Å². The Morgan fingerprint density at radius 1 is 1.33 bits per heavy atom. The maximum Gasteiger partial charge on any atom is 0.236 e. The second-order valence-electron chi connectivity index (χ2n) is 3.72. The molecule has 0 spiro atoms. The molecule has 0 unspecified atom stereocenters. The van der Waals surface area contributed by atoms with Crippen molar-refractivity contribution in [1.29, 1.82) is 0 Å². The second-order valence-corrected chi connectivity index (χ2v) is 3.72. The van der Waals surface area contributed by atoms with Gasteiger partial charge in [0.1, 0.15) is 5.82 Å². The molecule has 18 heavy (non-hydrogen) atoms. The second kappa shape index (κ2) is 6.43. The number of hydrogen-bond donors (Lipinski definition) is 3. The molecule has 0 aliphatic heterocycles. The van der Waals surface area contributed by atoms with Crippen LogP contribution in [0, 0.1) is 0 Å². The van der Waals surface area contributed by atoms with E-state index in [2.05, 4.69) is 10.3 Å². The highest BCUT2D eigenvalue weighted by atomic mass is 16.2. The first-order chi connectivity index (χ1) is 8.52. The van der Waals surface area contributed by atoms with Crippen LogP contribution in [0.2, 0.25) is 0 Å². The summed E-state index contributed by atoms with van der Waals surface area (Å²) in [5.41, 5.74) is 10.9. The van der Waals surface area contributed by atoms with Gasteiger partial charge < -0.3 is 21.7 Å². The molecule has 2 amide bonds. The van der Waals surface area contributed by atoms with E-state index >= 15 is 0 Å². The number of nitrogens with one attached hydrogen (secondary N) is 1. The fourth-order valence-corrected chi connectivity index (χ4v) is 1.51. The van der Waals surface area contributed by atoms with E-state index in [4.69, 9.17) is 11.5 Å². The van der Waals surface area contributed by atoms with E-state index < -0.39 is 11.8 Å². The van der Waals surface area contributed by atoms with Gasteiger partial charge in [0, 0.05) is 24.5 Å². The van der Waals surface area contributed by atoms with Gasteiger partial charge in [-0.05, 0) is 13.0 Å². The van der Waals surface area contributed by atoms with Gasteiger partial charge in [-0.2, -0.15) is 0 Å². The number of aromatic nitrogens is 1. The molecule has 0 aliphatic rings. The number of carbonyl (C=O) groups excluding carboxylic acids is 2. The van der Waals surface area contributed by atoms with Crippen LogP contribution in [0.3, 0.4) is 0 Å². The summed E-state index contributed by atoms with van der Waals surface area (Å²) in [6.45, 7) is 2.53. The number of anilines is 2. The molecule has 0 bridgehead atoms. The Bertz CT molecular complexity index is 419. The van der Waals surface area contributed by atoms with E-state index in [0.29, 0.717) is 11.5 Å². The number of nitrogens with two attached hydrogens (primary N) is 2. The zero-order valence-corrected chi connectivity index (χ0v) is 10.2. The number of nitrogens with zero attached hydrogens (tertiary/aromatic N) is 2. The maximum atomic E-state index is 11.0. The van der Waals surface area contributed by atoms with E-state index in [1.54, 1.807) is 18.3 Å². The van der Waals surface area contributed by atoms with E-state index in [9.17, 15) is 9.59 Å². The molecular formula is C11H17N5O2. The van der Waals surface area contributed by atoms with Crippen LogP contribution in [-0.4, -0.2) is 36.4 Å². The molecule has 0 radical (unpaired) electrons. The van der Waals surface area contributed by atoms with Crippen LogP contribution in [0.15, 0.2) is 18.3 Å². The van der Waals surface area contributed by atoms with Crippen molar-refractivity contribution in [2.45, 2.75) is 6.92 Å². The number of primary amides is 2. The minimum Gasteiger partial charge on any atom is -0.370 e. The largest absolute Gasteiger partial charge is 0.370 e. The van der Waals surface area contributed by atoms with Gasteiger partial charge in [0.2, 0.25) is 11.8 Å². The van der Waals surface area contributed by atoms with E-state index in [-0.39, 0.29) is 13.1 Å². The van der Waals surface area contributed by atoms with Crippen molar-refractivity contribution < 1.29 is 9.59 Å². The molecule has 1 aromatic heterocycles. The Balaban J connectivity index is 2.92. The predicted molar refractivity (Wildman–Crippen MR) is 69.0 cm³/mol. The lowest BCUT2D eigenvalue weighted by atomic mass is 10.3. The molecule has 7 heteroatoms. The van der Waals surface area contributed by atoms with Crippen molar-refractivity contribution in [2.24, 2.45) is 11.5 Å². The summed E-state index contributed by atoms with van der Waals surface area (Å²) in [7, 11) is 0. The van der Waals surface area contributed by atoms with Crippen LogP contribution in [0.1, 0.15) is 6.92 Å². The van der Waals surface area contributed by atoms with Crippen molar-refractivity contribution in [3.63, 3.8) is 0 Å². The fourth-order valence-electron chi connectivity index (χ4n) is 1.51. The van der Waals surface area contributed by atoms with Crippen LogP contribution in [0.25, 0.3) is 0 Å². The number of rotatable bonds is 7. The molecule has 98 valence electrons. The molecule has 7 nitrogen and oxygen atoms in total. The third-order valence-electron chi connectivity index (χ3n) is 2.16. The minimum absolute atomic E-state index is 0.0709. The van der Waals surface area contributed by atoms with Gasteiger partial charge in [-0.15, -0.1) is 0 Å². The summed E-state index contributed by atoms with van der Waals surface area (Å²) in [6.07, 6.45) is 1.59. The SMILES string of the molecule is CCNc1cc(N(CC(N)=O)CC(N)=O)ccn1. The third-order valence-corrected chi connectivity index (χ3v) is 2.16. The monoisotopic (exact) mass is 251 g/mol. The average molecular weight is 251 g/mol. The summed E-state index contributed by atoms with van der Waals surface area (Å²) in [5.74, 6) is -0.398. The summed E-state index contributed by atoms with van der Waals surface area (Å²) >= 11 is 0. The van der Waals surface area contributed by atoms with Crippen LogP contribution < -0.4 is 21.7 Å². The first kappa shape index (κ1) is 13.8. The quantitative estimate of drug-likeness (QED) is 0.592. The lowest BCUT2D eigenvalue weighted by molar-refractivity contribution is -0.117. The first-order valence-corrected chi connectivity index (χ1v) is 5.54. The molecule has 0 fully saturated rings. The standard InChI is InChI=1S/C11H17N5O2/c1-2-14-11-5-8(3-4-15-11)16(6-9(12)17)7-10(13)18/h3-5H,2,6-7H2,1H3,(H2,12,17)(H2,13,18)(H,14,15). The van der Waals surface area contributed by atoms with Crippen LogP contribution in [0.4, 0.5) is 11.5 Å². The number of carbonyl (C=O) groups is 2. The van der Waals surface area contributed by atoms with Gasteiger partial charge >= 0.3 is 0 Å². The van der Waals surface area contributed by atoms with Gasteiger partial charge in [0.05, 0.1) is 13.1 Å². The molecule has 1 heterocycles. The predicted octanol–water partition coefficient (Wildman–Crippen LogP) is -0.710. The molecular weight excluding hydrogens is 234 g/mol. The summed E-state index contributed by atoms with van der Waals surface area (Å²) in [6, 6.07) is 3.42. The molecule has 0 saturated carbocycles. The molecule has 1 aromatic rings. The average Bonchev–Trinajstić information content (AvgIpc) is 2.28. The van der Waals surface area contributed by atoms with Gasteiger partial charge in [0.25, 0.3) is 0 Å². The Hall–Kier alpha value is -2.31. The molecule has 5 N–H and O–H groups in total. The van der Waals surface area contributed by atoms with E-state index in [1.807, 2.05) is 6.92 Å². The molecule has 0 atom stereocenters. The zero-order valence-electron chi connectivity index (χ0n) is 10.2. The zero-order chi connectivity index (χ0) is 13.5. The fraction of sp³-hybridized carbons (Fsp3) is 0.364. The topological polar surface area (TPSA) is 114 Å². The highest BCUT2D eigenvalue weighted by Crippen LogP contribution is 2.16. The third kappa shape index (κ3) is 4.28. The summed E-state index contributed by atoms with van der Waals surface area (Å²) in [5, 5.41) is 3.04. The van der Waals surface area contributed by atoms with Crippen molar-refractivity contribution >= 4 is 23.3 Å². The van der Waals surface area contributed by atoms with Crippen molar-refractivity contribution in [3.8, 4) is 0 Å². The highest BCUT2D eigenvalue weighted by molar-refractivity contribution is 5.85. The summed E-state index contributed by atoms with van der Waals surface area (Å²) < 4.78 is 0. The lowest BCUT2D eigenvalue weighted by Gasteiger charge is -2.21. The van der Waals surface area contributed by atoms with Gasteiger partial charge in [0.15, 0.2) is 0 Å². The van der Waals surface area contributed by atoms with Crippen molar-refractivity contribution in [1.82, 2.24) is 4.98 Å². The number of hydrogen-bond acceptors (Lipinski definition) is 5. The van der Waals surface area contributed by atoms with Gasteiger partial charge in [-0.25, -0.2) is 4.98 Å². The normalized spacial score (nSPS) is 9.83. The Labute approximate surface area is 105 Å². The highest BCUT2D eigenvalue weighted by Gasteiger charge is 2.12. The van der Waals surface area contributed by atoms with Crippen LogP contribution in [0.5, 0.6) is 0 Å². The van der Waals surface area contributed by atoms with Crippen LogP contribution in [-0.2, 0) is 9.59 Å². The smallest absolute Gasteiger partial charge is 0.236 e. The van der Waals surface area contributed by atoms with E-state index in [0.717, 1.165) is 6.54 Å². The van der Waals surface area contributed by atoms with Crippen LogP contribution >= 0.6 is 0 Å². The van der Waals surface area contributed by atoms with E-state index in [1.165, 1.54) is 4.90 Å². The maximum absolute atomic E-state index is 11.0. The minimum atomic E-state index is -0.530. The molecule has 0 aliphatic carbocycles. The van der Waals surface area contributed by atoms with Gasteiger partial charge in [-0.1, -0.05) is 0 Å². The number of amides is 2. The summed E-state index contributed by atoms with van der Waals surface area (Å²) in [4.78, 5) is 27.6. The Morgan fingerprint density at radius 3 is 2.44 bits per heavy atom. The van der Waals surface area contributed by atoms with Gasteiger partial charge in [-0.3, -0.25) is 9.59 Å². The van der Waals surface area contributed by atoms with Crippen molar-refractivity contribution in [3.05, 3.63) is 18.3 Å². The molecule has 0 saturated heterocycles. The first-order valence-electron chi connectivity index (χ1n) is 5.54.